The zero-order chi connectivity index (χ0) is 13.1. The Kier molecular flexibility index (Phi) is 5.04. The van der Waals surface area contributed by atoms with Crippen LogP contribution in [0.4, 0.5) is 0 Å². The molecule has 96 valence electrons. The van der Waals surface area contributed by atoms with Crippen LogP contribution >= 0.6 is 50.5 Å². The van der Waals surface area contributed by atoms with Gasteiger partial charge < -0.3 is 0 Å². The summed E-state index contributed by atoms with van der Waals surface area (Å²) in [5, 5.41) is 2.96. The molecule has 0 atom stereocenters. The van der Waals surface area contributed by atoms with Gasteiger partial charge in [-0.2, -0.15) is 0 Å². The highest BCUT2D eigenvalue weighted by Crippen LogP contribution is 2.22. The molecule has 0 saturated heterocycles. The van der Waals surface area contributed by atoms with E-state index in [0.29, 0.717) is 10.3 Å². The van der Waals surface area contributed by atoms with E-state index in [0.717, 1.165) is 23.1 Å². The van der Waals surface area contributed by atoms with Crippen molar-refractivity contribution in [2.75, 3.05) is 7.05 Å². The minimum atomic E-state index is 0.435. The van der Waals surface area contributed by atoms with Crippen LogP contribution in [0.1, 0.15) is 10.4 Å². The lowest BCUT2D eigenvalue weighted by atomic mass is 10.2. The van der Waals surface area contributed by atoms with Crippen LogP contribution in [-0.2, 0) is 13.1 Å². The molecule has 0 aliphatic rings. The molecule has 2 aromatic rings. The van der Waals surface area contributed by atoms with Gasteiger partial charge in [-0.25, -0.2) is 4.98 Å². The lowest BCUT2D eigenvalue weighted by Crippen LogP contribution is -2.16. The van der Waals surface area contributed by atoms with Crippen molar-refractivity contribution in [2.24, 2.45) is 0 Å². The van der Waals surface area contributed by atoms with E-state index in [4.69, 9.17) is 23.2 Å². The van der Waals surface area contributed by atoms with Gasteiger partial charge in [-0.1, -0.05) is 23.2 Å². The molecule has 0 unspecified atom stereocenters. The number of hydrogen-bond acceptors (Lipinski definition) is 3. The first-order valence-corrected chi connectivity index (χ1v) is 7.69. The molecule has 0 amide bonds. The van der Waals surface area contributed by atoms with E-state index in [-0.39, 0.29) is 0 Å². The molecule has 0 spiro atoms. The van der Waals surface area contributed by atoms with E-state index < -0.39 is 0 Å². The SMILES string of the molecule is CN(Cc1cc(Cl)nc(Cl)c1)Cc1cc(Br)cs1. The van der Waals surface area contributed by atoms with Crippen molar-refractivity contribution in [1.82, 2.24) is 9.88 Å². The smallest absolute Gasteiger partial charge is 0.131 e. The van der Waals surface area contributed by atoms with Gasteiger partial charge in [-0.15, -0.1) is 11.3 Å². The summed E-state index contributed by atoms with van der Waals surface area (Å²) in [6.45, 7) is 1.69. The van der Waals surface area contributed by atoms with Crippen molar-refractivity contribution in [1.29, 1.82) is 0 Å². The van der Waals surface area contributed by atoms with Crippen molar-refractivity contribution in [3.8, 4) is 0 Å². The molecule has 18 heavy (non-hydrogen) atoms. The third-order valence-corrected chi connectivity index (χ3v) is 4.39. The summed E-state index contributed by atoms with van der Waals surface area (Å²) < 4.78 is 1.13. The highest BCUT2D eigenvalue weighted by Gasteiger charge is 2.06. The van der Waals surface area contributed by atoms with E-state index in [2.05, 4.69) is 44.3 Å². The van der Waals surface area contributed by atoms with Gasteiger partial charge in [0.05, 0.1) is 0 Å². The first kappa shape index (κ1) is 14.3. The second kappa shape index (κ2) is 6.35. The maximum Gasteiger partial charge on any atom is 0.131 e. The van der Waals surface area contributed by atoms with Crippen molar-refractivity contribution in [2.45, 2.75) is 13.1 Å². The fourth-order valence-corrected chi connectivity index (χ4v) is 3.71. The molecule has 0 N–H and O–H groups in total. The number of nitrogens with zero attached hydrogens (tertiary/aromatic N) is 2. The molecular weight excluding hydrogens is 355 g/mol. The summed E-state index contributed by atoms with van der Waals surface area (Å²) in [6.07, 6.45) is 0. The van der Waals surface area contributed by atoms with Crippen LogP contribution in [0.2, 0.25) is 10.3 Å². The molecule has 0 aromatic carbocycles. The lowest BCUT2D eigenvalue weighted by Gasteiger charge is -2.15. The number of thiophene rings is 1. The van der Waals surface area contributed by atoms with Crippen LogP contribution in [0, 0.1) is 0 Å². The first-order valence-electron chi connectivity index (χ1n) is 5.26. The average molecular weight is 366 g/mol. The zero-order valence-corrected chi connectivity index (χ0v) is 13.6. The Balaban J connectivity index is 2.00. The van der Waals surface area contributed by atoms with Crippen LogP contribution in [-0.4, -0.2) is 16.9 Å². The molecule has 0 aliphatic carbocycles. The largest absolute Gasteiger partial charge is 0.297 e. The third-order valence-electron chi connectivity index (χ3n) is 2.32. The highest BCUT2D eigenvalue weighted by molar-refractivity contribution is 9.10. The molecule has 0 saturated carbocycles. The minimum absolute atomic E-state index is 0.435. The summed E-state index contributed by atoms with van der Waals surface area (Å²) in [6, 6.07) is 5.82. The summed E-state index contributed by atoms with van der Waals surface area (Å²) >= 11 is 17.0. The van der Waals surface area contributed by atoms with Gasteiger partial charge in [0.25, 0.3) is 0 Å². The summed E-state index contributed by atoms with van der Waals surface area (Å²) in [7, 11) is 2.07. The topological polar surface area (TPSA) is 16.1 Å². The lowest BCUT2D eigenvalue weighted by molar-refractivity contribution is 0.322. The molecule has 6 heteroatoms. The van der Waals surface area contributed by atoms with Crippen molar-refractivity contribution in [3.05, 3.63) is 48.8 Å². The summed E-state index contributed by atoms with van der Waals surface area (Å²) in [5.41, 5.74) is 1.07. The molecule has 0 aliphatic heterocycles. The Morgan fingerprint density at radius 3 is 2.44 bits per heavy atom. The molecule has 2 nitrogen and oxygen atoms in total. The molecule has 0 bridgehead atoms. The van der Waals surface area contributed by atoms with Crippen LogP contribution in [0.3, 0.4) is 0 Å². The van der Waals surface area contributed by atoms with E-state index in [1.165, 1.54) is 4.88 Å². The first-order chi connectivity index (χ1) is 8.52. The van der Waals surface area contributed by atoms with E-state index in [9.17, 15) is 0 Å². The van der Waals surface area contributed by atoms with Gasteiger partial charge in [-0.3, -0.25) is 4.90 Å². The van der Waals surface area contributed by atoms with Crippen LogP contribution in [0.5, 0.6) is 0 Å². The van der Waals surface area contributed by atoms with E-state index in [1.54, 1.807) is 11.3 Å². The number of pyridine rings is 1. The van der Waals surface area contributed by atoms with Crippen LogP contribution in [0.25, 0.3) is 0 Å². The molecule has 0 fully saturated rings. The average Bonchev–Trinajstić information content (AvgIpc) is 2.61. The van der Waals surface area contributed by atoms with Gasteiger partial charge in [0.2, 0.25) is 0 Å². The molecule has 0 radical (unpaired) electrons. The van der Waals surface area contributed by atoms with Crippen molar-refractivity contribution >= 4 is 50.5 Å². The van der Waals surface area contributed by atoms with Crippen molar-refractivity contribution in [3.63, 3.8) is 0 Å². The summed E-state index contributed by atoms with van der Waals surface area (Å²) in [5.74, 6) is 0. The van der Waals surface area contributed by atoms with E-state index >= 15 is 0 Å². The maximum absolute atomic E-state index is 5.88. The molecular formula is C12H11BrCl2N2S. The number of hydrogen-bond donors (Lipinski definition) is 0. The van der Waals surface area contributed by atoms with Gasteiger partial charge in [0, 0.05) is 27.8 Å². The fourth-order valence-electron chi connectivity index (χ4n) is 1.68. The standard InChI is InChI=1S/C12H11BrCl2N2S/c1-17(6-10-4-9(13)7-18-10)5-8-2-11(14)16-12(15)3-8/h2-4,7H,5-6H2,1H3. The Bertz CT molecular complexity index is 524. The third kappa shape index (κ3) is 4.21. The Labute approximate surface area is 129 Å². The highest BCUT2D eigenvalue weighted by atomic mass is 79.9. The Hall–Kier alpha value is -0.130. The maximum atomic E-state index is 5.88. The molecule has 2 rings (SSSR count). The number of rotatable bonds is 4. The summed E-state index contributed by atoms with van der Waals surface area (Å²) in [4.78, 5) is 7.46. The van der Waals surface area contributed by atoms with E-state index in [1.807, 2.05) is 12.1 Å². The van der Waals surface area contributed by atoms with Gasteiger partial charge in [0.1, 0.15) is 10.3 Å². The van der Waals surface area contributed by atoms with Gasteiger partial charge in [0.15, 0.2) is 0 Å². The Morgan fingerprint density at radius 1 is 1.22 bits per heavy atom. The number of halogens is 3. The van der Waals surface area contributed by atoms with Crippen LogP contribution < -0.4 is 0 Å². The van der Waals surface area contributed by atoms with Crippen LogP contribution in [0.15, 0.2) is 28.1 Å². The zero-order valence-electron chi connectivity index (χ0n) is 9.66. The molecule has 2 heterocycles. The Morgan fingerprint density at radius 2 is 1.89 bits per heavy atom. The second-order valence-electron chi connectivity index (χ2n) is 4.02. The predicted molar refractivity (Wildman–Crippen MR) is 81.4 cm³/mol. The number of aromatic nitrogens is 1. The molecule has 2 aromatic heterocycles. The predicted octanol–water partition coefficient (Wildman–Crippen LogP) is 4.84. The monoisotopic (exact) mass is 364 g/mol. The second-order valence-corrected chi connectivity index (χ2v) is 6.71. The van der Waals surface area contributed by atoms with Crippen molar-refractivity contribution < 1.29 is 0 Å². The fraction of sp³-hybridized carbons (Fsp3) is 0.250. The van der Waals surface area contributed by atoms with Gasteiger partial charge >= 0.3 is 0 Å². The minimum Gasteiger partial charge on any atom is -0.297 e. The normalized spacial score (nSPS) is 11.2. The quantitative estimate of drug-likeness (QED) is 0.720. The van der Waals surface area contributed by atoms with Gasteiger partial charge in [-0.05, 0) is 46.7 Å².